The van der Waals surface area contributed by atoms with E-state index < -0.39 is 0 Å². The SMILES string of the molecule is C=C(O)N(C/C(=C/C)c1cccnc1C)CC1CCCC(C)(Cn2cnc3ccccc32)C1. The van der Waals surface area contributed by atoms with Gasteiger partial charge >= 0.3 is 0 Å². The fourth-order valence-electron chi connectivity index (χ4n) is 5.50. The van der Waals surface area contributed by atoms with Crippen LogP contribution in [0.3, 0.4) is 0 Å². The van der Waals surface area contributed by atoms with Crippen molar-refractivity contribution in [3.05, 3.63) is 78.7 Å². The maximum Gasteiger partial charge on any atom is 0.179 e. The molecule has 0 bridgehead atoms. The minimum Gasteiger partial charge on any atom is -0.495 e. The number of pyridine rings is 1. The van der Waals surface area contributed by atoms with Gasteiger partial charge in [-0.25, -0.2) is 4.98 Å². The van der Waals surface area contributed by atoms with Crippen molar-refractivity contribution in [1.82, 2.24) is 19.4 Å². The maximum atomic E-state index is 10.4. The first-order valence-electron chi connectivity index (χ1n) is 12.0. The number of nitrogens with zero attached hydrogens (tertiary/aromatic N) is 4. The van der Waals surface area contributed by atoms with E-state index >= 15 is 0 Å². The molecule has 3 aromatic rings. The summed E-state index contributed by atoms with van der Waals surface area (Å²) in [5.41, 5.74) is 5.77. The van der Waals surface area contributed by atoms with Gasteiger partial charge in [0.15, 0.2) is 5.88 Å². The van der Waals surface area contributed by atoms with Gasteiger partial charge in [-0.2, -0.15) is 0 Å². The van der Waals surface area contributed by atoms with E-state index in [-0.39, 0.29) is 11.3 Å². The van der Waals surface area contributed by atoms with Gasteiger partial charge in [-0.1, -0.05) is 37.6 Å². The molecule has 0 radical (unpaired) electrons. The smallest absolute Gasteiger partial charge is 0.179 e. The van der Waals surface area contributed by atoms with Crippen LogP contribution in [0.25, 0.3) is 16.6 Å². The zero-order chi connectivity index (χ0) is 23.4. The Balaban J connectivity index is 1.46. The lowest BCUT2D eigenvalue weighted by Gasteiger charge is -2.40. The van der Waals surface area contributed by atoms with Crippen LogP contribution in [0.4, 0.5) is 0 Å². The predicted molar refractivity (Wildman–Crippen MR) is 136 cm³/mol. The van der Waals surface area contributed by atoms with Gasteiger partial charge in [-0.3, -0.25) is 4.98 Å². The number of aliphatic hydroxyl groups is 1. The molecule has 1 saturated carbocycles. The summed E-state index contributed by atoms with van der Waals surface area (Å²) in [5.74, 6) is 0.652. The van der Waals surface area contributed by atoms with Crippen molar-refractivity contribution in [2.45, 2.75) is 53.0 Å². The summed E-state index contributed by atoms with van der Waals surface area (Å²) in [6, 6.07) is 12.4. The van der Waals surface area contributed by atoms with Crippen LogP contribution in [-0.4, -0.2) is 37.6 Å². The van der Waals surface area contributed by atoms with Gasteiger partial charge in [0.25, 0.3) is 0 Å². The van der Waals surface area contributed by atoms with Crippen LogP contribution in [0.15, 0.2) is 67.5 Å². The van der Waals surface area contributed by atoms with Crippen LogP contribution in [0.2, 0.25) is 0 Å². The highest BCUT2D eigenvalue weighted by Crippen LogP contribution is 2.41. The molecule has 174 valence electrons. The zero-order valence-corrected chi connectivity index (χ0v) is 20.2. The molecule has 0 amide bonds. The molecule has 5 heteroatoms. The van der Waals surface area contributed by atoms with E-state index in [1.807, 2.05) is 43.4 Å². The molecular formula is C28H36N4O. The Morgan fingerprint density at radius 2 is 2.09 bits per heavy atom. The minimum atomic E-state index is 0.142. The number of hydrogen-bond acceptors (Lipinski definition) is 4. The van der Waals surface area contributed by atoms with E-state index in [4.69, 9.17) is 0 Å². The number of benzene rings is 1. The number of imidazole rings is 1. The molecule has 1 N–H and O–H groups in total. The van der Waals surface area contributed by atoms with Gasteiger partial charge in [-0.15, -0.1) is 0 Å². The number of rotatable bonds is 8. The molecule has 2 heterocycles. The zero-order valence-electron chi connectivity index (χ0n) is 20.2. The number of aryl methyl sites for hydroxylation is 1. The largest absolute Gasteiger partial charge is 0.495 e. The molecule has 1 aliphatic rings. The molecule has 0 aliphatic heterocycles. The van der Waals surface area contributed by atoms with Crippen molar-refractivity contribution < 1.29 is 5.11 Å². The van der Waals surface area contributed by atoms with Crippen molar-refractivity contribution in [2.75, 3.05) is 13.1 Å². The maximum absolute atomic E-state index is 10.4. The molecule has 1 aliphatic carbocycles. The Hall–Kier alpha value is -3.08. The summed E-state index contributed by atoms with van der Waals surface area (Å²) >= 11 is 0. The number of aromatic nitrogens is 3. The van der Waals surface area contributed by atoms with E-state index in [1.54, 1.807) is 0 Å². The van der Waals surface area contributed by atoms with Gasteiger partial charge in [-0.05, 0) is 74.8 Å². The van der Waals surface area contributed by atoms with E-state index in [0.29, 0.717) is 12.5 Å². The van der Waals surface area contributed by atoms with E-state index in [0.717, 1.165) is 36.3 Å². The van der Waals surface area contributed by atoms with Crippen LogP contribution >= 0.6 is 0 Å². The fraction of sp³-hybridized carbons (Fsp3) is 0.429. The van der Waals surface area contributed by atoms with Crippen molar-refractivity contribution >= 4 is 16.6 Å². The Kier molecular flexibility index (Phi) is 6.87. The topological polar surface area (TPSA) is 54.2 Å². The lowest BCUT2D eigenvalue weighted by Crippen LogP contribution is -2.37. The summed E-state index contributed by atoms with van der Waals surface area (Å²) in [6.45, 7) is 12.8. The van der Waals surface area contributed by atoms with Crippen LogP contribution in [0.1, 0.15) is 50.8 Å². The molecule has 1 fully saturated rings. The number of hydrogen-bond donors (Lipinski definition) is 1. The number of para-hydroxylation sites is 2. The number of allylic oxidation sites excluding steroid dienone is 1. The molecule has 5 nitrogen and oxygen atoms in total. The average Bonchev–Trinajstić information content (AvgIpc) is 3.19. The van der Waals surface area contributed by atoms with Gasteiger partial charge in [0.05, 0.1) is 17.4 Å². The normalized spacial score (nSPS) is 21.3. The van der Waals surface area contributed by atoms with Crippen molar-refractivity contribution in [3.8, 4) is 0 Å². The van der Waals surface area contributed by atoms with Gasteiger partial charge < -0.3 is 14.6 Å². The Bertz CT molecular complexity index is 1150. The number of fused-ring (bicyclic) bond motifs is 1. The van der Waals surface area contributed by atoms with Crippen molar-refractivity contribution in [3.63, 3.8) is 0 Å². The first kappa shape index (κ1) is 23.1. The van der Waals surface area contributed by atoms with Crippen LogP contribution in [0, 0.1) is 18.3 Å². The summed E-state index contributed by atoms with van der Waals surface area (Å²) in [4.78, 5) is 11.1. The van der Waals surface area contributed by atoms with Gasteiger partial charge in [0.1, 0.15) is 0 Å². The second-order valence-electron chi connectivity index (χ2n) is 9.88. The van der Waals surface area contributed by atoms with E-state index in [1.165, 1.54) is 30.4 Å². The Labute approximate surface area is 197 Å². The number of aliphatic hydroxyl groups excluding tert-OH is 1. The van der Waals surface area contributed by atoms with Crippen LogP contribution < -0.4 is 0 Å². The highest BCUT2D eigenvalue weighted by molar-refractivity contribution is 5.74. The summed E-state index contributed by atoms with van der Waals surface area (Å²) in [5, 5.41) is 10.4. The third-order valence-electron chi connectivity index (χ3n) is 7.16. The summed E-state index contributed by atoms with van der Waals surface area (Å²) < 4.78 is 2.31. The van der Waals surface area contributed by atoms with Crippen LogP contribution in [0.5, 0.6) is 0 Å². The quantitative estimate of drug-likeness (QED) is 0.410. The molecule has 2 aromatic heterocycles. The summed E-state index contributed by atoms with van der Waals surface area (Å²) in [7, 11) is 0. The second-order valence-corrected chi connectivity index (χ2v) is 9.88. The molecule has 2 atom stereocenters. The highest BCUT2D eigenvalue weighted by Gasteiger charge is 2.34. The Morgan fingerprint density at radius 3 is 2.85 bits per heavy atom. The summed E-state index contributed by atoms with van der Waals surface area (Å²) in [6.07, 6.45) is 10.6. The van der Waals surface area contributed by atoms with Crippen molar-refractivity contribution in [2.24, 2.45) is 11.3 Å². The Morgan fingerprint density at radius 1 is 1.27 bits per heavy atom. The molecule has 33 heavy (non-hydrogen) atoms. The lowest BCUT2D eigenvalue weighted by atomic mass is 9.70. The first-order valence-corrected chi connectivity index (χ1v) is 12.0. The predicted octanol–water partition coefficient (Wildman–Crippen LogP) is 6.37. The third kappa shape index (κ3) is 5.29. The molecule has 2 unspecified atom stereocenters. The molecule has 1 aromatic carbocycles. The fourth-order valence-corrected chi connectivity index (χ4v) is 5.50. The molecule has 4 rings (SSSR count). The lowest BCUT2D eigenvalue weighted by molar-refractivity contribution is 0.102. The molecule has 0 saturated heterocycles. The monoisotopic (exact) mass is 444 g/mol. The standard InChI is InChI=1S/C28H36N4O/c1-5-24(25-11-9-15-29-21(25)2)18-31(22(3)33)17-23-10-8-14-28(4,16-23)19-32-20-30-26-12-6-7-13-27(26)32/h5-7,9,11-13,15,20,23,33H,3,8,10,14,16-19H2,1-2,4H3/b24-5-. The highest BCUT2D eigenvalue weighted by atomic mass is 16.3. The minimum absolute atomic E-state index is 0.142. The van der Waals surface area contributed by atoms with Crippen LogP contribution in [-0.2, 0) is 6.54 Å². The average molecular weight is 445 g/mol. The van der Waals surface area contributed by atoms with Gasteiger partial charge in [0, 0.05) is 37.1 Å². The molecule has 0 spiro atoms. The van der Waals surface area contributed by atoms with Crippen molar-refractivity contribution in [1.29, 1.82) is 0 Å². The second kappa shape index (κ2) is 9.82. The van der Waals surface area contributed by atoms with E-state index in [9.17, 15) is 5.11 Å². The third-order valence-corrected chi connectivity index (χ3v) is 7.16. The molecular weight excluding hydrogens is 408 g/mol. The first-order chi connectivity index (χ1) is 15.9. The van der Waals surface area contributed by atoms with E-state index in [2.05, 4.69) is 58.4 Å². The van der Waals surface area contributed by atoms with Gasteiger partial charge in [0.2, 0.25) is 0 Å².